The van der Waals surface area contributed by atoms with Crippen LogP contribution in [-0.2, 0) is 16.1 Å². The van der Waals surface area contributed by atoms with Gasteiger partial charge in [0.15, 0.2) is 6.10 Å². The molecule has 1 heterocycles. The summed E-state index contributed by atoms with van der Waals surface area (Å²) in [6.45, 7) is 7.56. The Balaban J connectivity index is 1.92. The number of rotatable bonds is 6. The minimum atomic E-state index is -0.758. The molecule has 1 aliphatic rings. The minimum Gasteiger partial charge on any atom is -0.494 e. The van der Waals surface area contributed by atoms with Crippen molar-refractivity contribution in [2.75, 3.05) is 19.7 Å². The Morgan fingerprint density at radius 2 is 2.16 bits per heavy atom. The number of primary amides is 1. The molecule has 1 fully saturated rings. The summed E-state index contributed by atoms with van der Waals surface area (Å²) in [6.07, 6.45) is -0.0267. The maximum Gasteiger partial charge on any atom is 0.317 e. The lowest BCUT2D eigenvalue weighted by molar-refractivity contribution is -0.139. The van der Waals surface area contributed by atoms with Gasteiger partial charge in [-0.25, -0.2) is 4.79 Å². The molecule has 3 amide bonds. The zero-order valence-electron chi connectivity index (χ0n) is 15.1. The van der Waals surface area contributed by atoms with Crippen LogP contribution in [0.15, 0.2) is 18.2 Å². The maximum atomic E-state index is 12.4. The van der Waals surface area contributed by atoms with E-state index in [9.17, 15) is 9.59 Å². The van der Waals surface area contributed by atoms with Crippen molar-refractivity contribution in [1.82, 2.24) is 10.2 Å². The van der Waals surface area contributed by atoms with Gasteiger partial charge < -0.3 is 25.4 Å². The number of aryl methyl sites for hydroxylation is 1. The molecule has 3 N–H and O–H groups in total. The van der Waals surface area contributed by atoms with Crippen LogP contribution in [0.25, 0.3) is 0 Å². The second-order valence-electron chi connectivity index (χ2n) is 6.34. The number of nitrogens with one attached hydrogen (secondary N) is 1. The number of nitrogens with zero attached hydrogens (tertiary/aromatic N) is 1. The number of hydrogen-bond donors (Lipinski definition) is 2. The first kappa shape index (κ1) is 19.1. The summed E-state index contributed by atoms with van der Waals surface area (Å²) in [7, 11) is 0. The van der Waals surface area contributed by atoms with E-state index in [1.54, 1.807) is 4.90 Å². The monoisotopic (exact) mass is 349 g/mol. The summed E-state index contributed by atoms with van der Waals surface area (Å²) in [6, 6.07) is 5.60. The van der Waals surface area contributed by atoms with Gasteiger partial charge in [-0.2, -0.15) is 0 Å². The predicted octanol–water partition coefficient (Wildman–Crippen LogP) is 1.57. The third-order valence-electron chi connectivity index (χ3n) is 4.08. The van der Waals surface area contributed by atoms with Crippen LogP contribution >= 0.6 is 0 Å². The molecule has 25 heavy (non-hydrogen) atoms. The van der Waals surface area contributed by atoms with Crippen LogP contribution in [0.4, 0.5) is 4.79 Å². The van der Waals surface area contributed by atoms with Crippen molar-refractivity contribution in [3.63, 3.8) is 0 Å². The lowest BCUT2D eigenvalue weighted by Crippen LogP contribution is -2.55. The van der Waals surface area contributed by atoms with Crippen molar-refractivity contribution >= 4 is 11.9 Å². The first-order valence-corrected chi connectivity index (χ1v) is 8.60. The van der Waals surface area contributed by atoms with Crippen LogP contribution in [0.2, 0.25) is 0 Å². The van der Waals surface area contributed by atoms with E-state index in [4.69, 9.17) is 15.2 Å². The molecule has 1 saturated heterocycles. The van der Waals surface area contributed by atoms with Gasteiger partial charge in [0, 0.05) is 13.1 Å². The number of carbonyl (C=O) groups excluding carboxylic acids is 2. The average molecular weight is 349 g/mol. The number of ether oxygens (including phenoxy) is 2. The molecule has 1 aromatic carbocycles. The third-order valence-corrected chi connectivity index (χ3v) is 4.08. The minimum absolute atomic E-state index is 0.175. The van der Waals surface area contributed by atoms with Crippen molar-refractivity contribution < 1.29 is 19.1 Å². The van der Waals surface area contributed by atoms with Crippen molar-refractivity contribution in [3.05, 3.63) is 29.3 Å². The van der Waals surface area contributed by atoms with Crippen LogP contribution in [0.5, 0.6) is 5.75 Å². The molecule has 0 bridgehead atoms. The maximum absolute atomic E-state index is 12.4. The molecule has 1 aliphatic heterocycles. The lowest BCUT2D eigenvalue weighted by atomic mass is 10.1. The second kappa shape index (κ2) is 8.71. The quantitative estimate of drug-likeness (QED) is 0.815. The Labute approximate surface area is 148 Å². The summed E-state index contributed by atoms with van der Waals surface area (Å²) in [4.78, 5) is 25.3. The highest BCUT2D eigenvalue weighted by Crippen LogP contribution is 2.18. The van der Waals surface area contributed by atoms with E-state index in [1.165, 1.54) is 0 Å². The Hall–Kier alpha value is -2.28. The molecule has 0 aliphatic carbocycles. The Morgan fingerprint density at radius 3 is 2.80 bits per heavy atom. The average Bonchev–Trinajstić information content (AvgIpc) is 2.58. The van der Waals surface area contributed by atoms with Gasteiger partial charge in [0.2, 0.25) is 5.91 Å². The fourth-order valence-corrected chi connectivity index (χ4v) is 2.73. The first-order chi connectivity index (χ1) is 11.9. The van der Waals surface area contributed by atoms with Gasteiger partial charge in [-0.15, -0.1) is 0 Å². The number of morpholine rings is 1. The van der Waals surface area contributed by atoms with E-state index in [2.05, 4.69) is 12.2 Å². The van der Waals surface area contributed by atoms with Crippen molar-refractivity contribution in [2.24, 2.45) is 5.73 Å². The van der Waals surface area contributed by atoms with E-state index in [1.807, 2.05) is 32.0 Å². The van der Waals surface area contributed by atoms with Crippen LogP contribution in [0.1, 0.15) is 31.4 Å². The number of carbonyl (C=O) groups is 2. The summed E-state index contributed by atoms with van der Waals surface area (Å²) in [5, 5.41) is 2.89. The fourth-order valence-electron chi connectivity index (χ4n) is 2.73. The molecule has 7 nitrogen and oxygen atoms in total. The highest BCUT2D eigenvalue weighted by atomic mass is 16.5. The number of urea groups is 1. The van der Waals surface area contributed by atoms with Gasteiger partial charge in [0.25, 0.3) is 0 Å². The van der Waals surface area contributed by atoms with E-state index in [0.29, 0.717) is 19.7 Å². The molecule has 2 rings (SSSR count). The van der Waals surface area contributed by atoms with Crippen molar-refractivity contribution in [3.8, 4) is 5.75 Å². The van der Waals surface area contributed by atoms with Crippen molar-refractivity contribution in [2.45, 2.75) is 45.9 Å². The smallest absolute Gasteiger partial charge is 0.317 e. The van der Waals surface area contributed by atoms with Crippen LogP contribution in [0, 0.1) is 6.92 Å². The molecule has 7 heteroatoms. The fraction of sp³-hybridized carbons (Fsp3) is 0.556. The summed E-state index contributed by atoms with van der Waals surface area (Å²) in [5.41, 5.74) is 7.36. The van der Waals surface area contributed by atoms with Gasteiger partial charge in [-0.05, 0) is 43.5 Å². The number of amides is 3. The van der Waals surface area contributed by atoms with Gasteiger partial charge in [-0.1, -0.05) is 13.0 Å². The molecule has 1 aromatic rings. The Morgan fingerprint density at radius 1 is 1.40 bits per heavy atom. The highest BCUT2D eigenvalue weighted by Gasteiger charge is 2.31. The zero-order chi connectivity index (χ0) is 18.4. The predicted molar refractivity (Wildman–Crippen MR) is 94.3 cm³/mol. The topological polar surface area (TPSA) is 93.9 Å². The molecular formula is C18H27N3O4. The van der Waals surface area contributed by atoms with E-state index < -0.39 is 12.0 Å². The zero-order valence-corrected chi connectivity index (χ0v) is 15.1. The third kappa shape index (κ3) is 5.35. The summed E-state index contributed by atoms with van der Waals surface area (Å²) in [5.74, 6) is 0.281. The Kier molecular flexibility index (Phi) is 6.64. The molecule has 0 spiro atoms. The van der Waals surface area contributed by atoms with Crippen LogP contribution in [0.3, 0.4) is 0 Å². The molecular weight excluding hydrogens is 322 g/mol. The number of hydrogen-bond acceptors (Lipinski definition) is 4. The van der Waals surface area contributed by atoms with Crippen molar-refractivity contribution in [1.29, 1.82) is 0 Å². The normalized spacial score (nSPS) is 20.2. The summed E-state index contributed by atoms with van der Waals surface area (Å²) >= 11 is 0. The van der Waals surface area contributed by atoms with Gasteiger partial charge >= 0.3 is 6.03 Å². The molecule has 0 radical (unpaired) electrons. The van der Waals surface area contributed by atoms with Gasteiger partial charge in [0.1, 0.15) is 5.75 Å². The second-order valence-corrected chi connectivity index (χ2v) is 6.34. The summed E-state index contributed by atoms with van der Waals surface area (Å²) < 4.78 is 11.0. The van der Waals surface area contributed by atoms with Crippen LogP contribution < -0.4 is 15.8 Å². The highest BCUT2D eigenvalue weighted by molar-refractivity contribution is 5.81. The molecule has 2 atom stereocenters. The van der Waals surface area contributed by atoms with E-state index in [-0.39, 0.29) is 18.7 Å². The SMILES string of the molecule is CCCOc1ccc(CNC(=O)N2C[C@@H](C)O[C@H](C(N)=O)C2)c(C)c1. The van der Waals surface area contributed by atoms with Crippen LogP contribution in [-0.4, -0.2) is 48.7 Å². The first-order valence-electron chi connectivity index (χ1n) is 8.60. The van der Waals surface area contributed by atoms with Gasteiger partial charge in [0.05, 0.1) is 19.3 Å². The van der Waals surface area contributed by atoms with Gasteiger partial charge in [-0.3, -0.25) is 4.79 Å². The standard InChI is InChI=1S/C18H27N3O4/c1-4-7-24-15-6-5-14(12(2)8-15)9-20-18(23)21-10-13(3)25-16(11-21)17(19)22/h5-6,8,13,16H,4,7,9-11H2,1-3H3,(H2,19,22)(H,20,23)/t13-,16+/m1/s1. The van der Waals surface area contributed by atoms with E-state index >= 15 is 0 Å². The molecule has 0 saturated carbocycles. The largest absolute Gasteiger partial charge is 0.494 e. The molecule has 0 unspecified atom stereocenters. The Bertz CT molecular complexity index is 620. The van der Waals surface area contributed by atoms with E-state index in [0.717, 1.165) is 23.3 Å². The molecule has 0 aromatic heterocycles. The molecule has 138 valence electrons. The lowest BCUT2D eigenvalue weighted by Gasteiger charge is -2.35. The number of benzene rings is 1. The number of nitrogens with two attached hydrogens (primary N) is 1.